The highest BCUT2D eigenvalue weighted by Crippen LogP contribution is 2.29. The molecular formula is C8H11ClN2O2S. The smallest absolute Gasteiger partial charge is 0.278 e. The maximum atomic E-state index is 11.2. The van der Waals surface area contributed by atoms with Crippen molar-refractivity contribution in [2.75, 3.05) is 0 Å². The van der Waals surface area contributed by atoms with Gasteiger partial charge in [0.1, 0.15) is 5.82 Å². The first kappa shape index (κ1) is 9.98. The highest BCUT2D eigenvalue weighted by Gasteiger charge is 2.25. The number of hydrogen-bond acceptors (Lipinski definition) is 3. The molecule has 4 nitrogen and oxygen atoms in total. The summed E-state index contributed by atoms with van der Waals surface area (Å²) in [5.41, 5.74) is 0. The second-order valence-corrected chi connectivity index (χ2v) is 6.10. The summed E-state index contributed by atoms with van der Waals surface area (Å²) in [6.45, 7) is 2.74. The molecule has 6 heteroatoms. The van der Waals surface area contributed by atoms with Crippen molar-refractivity contribution in [1.29, 1.82) is 0 Å². The van der Waals surface area contributed by atoms with Crippen molar-refractivity contribution in [2.45, 2.75) is 37.3 Å². The van der Waals surface area contributed by atoms with E-state index in [1.165, 1.54) is 6.20 Å². The number of imidazole rings is 1. The summed E-state index contributed by atoms with van der Waals surface area (Å²) in [6.07, 6.45) is 3.38. The van der Waals surface area contributed by atoms with Crippen molar-refractivity contribution < 1.29 is 8.42 Å². The minimum absolute atomic E-state index is 0.126. The van der Waals surface area contributed by atoms with Crippen molar-refractivity contribution in [3.63, 3.8) is 0 Å². The van der Waals surface area contributed by atoms with Gasteiger partial charge in [0.05, 0.1) is 6.20 Å². The normalized spacial score (nSPS) is 22.0. The molecule has 0 spiro atoms. The standard InChI is InChI=1S/C8H11ClN2O2S/c1-6-3-2-4-11-7(14(9,12)13)5-10-8(6)11/h5-6H,2-4H2,1H3/t6-/m0/s1. The summed E-state index contributed by atoms with van der Waals surface area (Å²) >= 11 is 0. The van der Waals surface area contributed by atoms with E-state index in [-0.39, 0.29) is 5.03 Å². The van der Waals surface area contributed by atoms with Crippen molar-refractivity contribution >= 4 is 19.7 Å². The molecule has 2 rings (SSSR count). The van der Waals surface area contributed by atoms with Gasteiger partial charge < -0.3 is 4.57 Å². The molecule has 1 atom stereocenters. The molecule has 0 N–H and O–H groups in total. The van der Waals surface area contributed by atoms with Crippen molar-refractivity contribution in [1.82, 2.24) is 9.55 Å². The van der Waals surface area contributed by atoms with E-state index >= 15 is 0 Å². The van der Waals surface area contributed by atoms with Crippen LogP contribution in [0.2, 0.25) is 0 Å². The van der Waals surface area contributed by atoms with Gasteiger partial charge in [-0.15, -0.1) is 0 Å². The van der Waals surface area contributed by atoms with Crippen LogP contribution < -0.4 is 0 Å². The molecule has 0 fully saturated rings. The Bertz CT molecular complexity index is 452. The van der Waals surface area contributed by atoms with Gasteiger partial charge in [-0.1, -0.05) is 6.92 Å². The second-order valence-electron chi connectivity index (χ2n) is 3.59. The lowest BCUT2D eigenvalue weighted by molar-refractivity contribution is 0.441. The number of nitrogens with zero attached hydrogens (tertiary/aromatic N) is 2. The Labute approximate surface area is 87.3 Å². The molecule has 0 unspecified atom stereocenters. The summed E-state index contributed by atoms with van der Waals surface area (Å²) in [5, 5.41) is 0.126. The van der Waals surface area contributed by atoms with Gasteiger partial charge in [-0.25, -0.2) is 13.4 Å². The molecule has 78 valence electrons. The molecule has 0 aliphatic carbocycles. The maximum Gasteiger partial charge on any atom is 0.278 e. The minimum Gasteiger partial charge on any atom is -0.318 e. The second kappa shape index (κ2) is 3.24. The van der Waals surface area contributed by atoms with Crippen molar-refractivity contribution in [3.8, 4) is 0 Å². The van der Waals surface area contributed by atoms with Crippen molar-refractivity contribution in [2.24, 2.45) is 0 Å². The Morgan fingerprint density at radius 3 is 3.00 bits per heavy atom. The molecule has 1 aromatic rings. The fourth-order valence-electron chi connectivity index (χ4n) is 1.87. The fourth-order valence-corrected chi connectivity index (χ4v) is 2.87. The van der Waals surface area contributed by atoms with E-state index in [0.29, 0.717) is 12.5 Å². The Hall–Kier alpha value is -0.550. The van der Waals surface area contributed by atoms with Crippen molar-refractivity contribution in [3.05, 3.63) is 12.0 Å². The van der Waals surface area contributed by atoms with E-state index in [4.69, 9.17) is 10.7 Å². The number of halogens is 1. The highest BCUT2D eigenvalue weighted by molar-refractivity contribution is 8.13. The van der Waals surface area contributed by atoms with Crippen LogP contribution in [0.5, 0.6) is 0 Å². The van der Waals surface area contributed by atoms with Crippen LogP contribution in [0.15, 0.2) is 11.2 Å². The Kier molecular flexibility index (Phi) is 2.31. The predicted octanol–water partition coefficient (Wildman–Crippen LogP) is 1.71. The van der Waals surface area contributed by atoms with Crippen LogP contribution in [0.1, 0.15) is 31.5 Å². The van der Waals surface area contributed by atoms with Crippen LogP contribution in [0, 0.1) is 0 Å². The zero-order chi connectivity index (χ0) is 10.3. The van der Waals surface area contributed by atoms with Gasteiger partial charge in [0.25, 0.3) is 9.05 Å². The predicted molar refractivity (Wildman–Crippen MR) is 52.9 cm³/mol. The van der Waals surface area contributed by atoms with Gasteiger partial charge in [0.2, 0.25) is 0 Å². The molecule has 0 bridgehead atoms. The molecule has 1 aliphatic heterocycles. The van der Waals surface area contributed by atoms with E-state index in [1.54, 1.807) is 4.57 Å². The van der Waals surface area contributed by atoms with Crippen LogP contribution >= 0.6 is 10.7 Å². The zero-order valence-electron chi connectivity index (χ0n) is 7.77. The molecule has 0 saturated heterocycles. The average Bonchev–Trinajstić information content (AvgIpc) is 2.47. The number of aromatic nitrogens is 2. The third-order valence-electron chi connectivity index (χ3n) is 2.56. The number of rotatable bonds is 1. The molecule has 14 heavy (non-hydrogen) atoms. The highest BCUT2D eigenvalue weighted by atomic mass is 35.7. The van der Waals surface area contributed by atoms with E-state index in [0.717, 1.165) is 18.7 Å². The average molecular weight is 235 g/mol. The maximum absolute atomic E-state index is 11.2. The fraction of sp³-hybridized carbons (Fsp3) is 0.625. The summed E-state index contributed by atoms with van der Waals surface area (Å²) in [5.74, 6) is 1.14. The molecule has 1 aliphatic rings. The van der Waals surface area contributed by atoms with Crippen LogP contribution in [0.4, 0.5) is 0 Å². The Morgan fingerprint density at radius 2 is 2.36 bits per heavy atom. The van der Waals surface area contributed by atoms with Crippen LogP contribution in [-0.2, 0) is 15.6 Å². The zero-order valence-corrected chi connectivity index (χ0v) is 9.35. The topological polar surface area (TPSA) is 52.0 Å². The van der Waals surface area contributed by atoms with E-state index < -0.39 is 9.05 Å². The summed E-state index contributed by atoms with van der Waals surface area (Å²) in [6, 6.07) is 0. The van der Waals surface area contributed by atoms with E-state index in [9.17, 15) is 8.42 Å². The van der Waals surface area contributed by atoms with E-state index in [2.05, 4.69) is 4.98 Å². The van der Waals surface area contributed by atoms with Crippen LogP contribution in [0.3, 0.4) is 0 Å². The van der Waals surface area contributed by atoms with Gasteiger partial charge in [-0.05, 0) is 12.8 Å². The van der Waals surface area contributed by atoms with Gasteiger partial charge in [-0.3, -0.25) is 0 Å². The molecule has 1 aromatic heterocycles. The van der Waals surface area contributed by atoms with E-state index in [1.807, 2.05) is 6.92 Å². The van der Waals surface area contributed by atoms with Gasteiger partial charge in [-0.2, -0.15) is 0 Å². The SMILES string of the molecule is C[C@H]1CCCn2c(S(=O)(=O)Cl)cnc21. The first-order chi connectivity index (χ1) is 6.50. The third kappa shape index (κ3) is 1.54. The number of hydrogen-bond donors (Lipinski definition) is 0. The molecular weight excluding hydrogens is 224 g/mol. The Balaban J connectivity index is 2.57. The largest absolute Gasteiger partial charge is 0.318 e. The molecule has 0 radical (unpaired) electrons. The lowest BCUT2D eigenvalue weighted by Gasteiger charge is -2.20. The number of fused-ring (bicyclic) bond motifs is 1. The van der Waals surface area contributed by atoms with Gasteiger partial charge in [0.15, 0.2) is 5.03 Å². The Morgan fingerprint density at radius 1 is 1.64 bits per heavy atom. The lowest BCUT2D eigenvalue weighted by Crippen LogP contribution is -2.16. The van der Waals surface area contributed by atoms with Gasteiger partial charge >= 0.3 is 0 Å². The van der Waals surface area contributed by atoms with Gasteiger partial charge in [0, 0.05) is 23.1 Å². The quantitative estimate of drug-likeness (QED) is 0.695. The molecule has 0 saturated carbocycles. The monoisotopic (exact) mass is 234 g/mol. The molecule has 0 amide bonds. The minimum atomic E-state index is -3.65. The first-order valence-electron chi connectivity index (χ1n) is 4.50. The first-order valence-corrected chi connectivity index (χ1v) is 6.81. The summed E-state index contributed by atoms with van der Waals surface area (Å²) in [7, 11) is 1.64. The lowest BCUT2D eigenvalue weighted by atomic mass is 10.0. The third-order valence-corrected chi connectivity index (χ3v) is 3.86. The summed E-state index contributed by atoms with van der Waals surface area (Å²) in [4.78, 5) is 4.10. The van der Waals surface area contributed by atoms with Crippen LogP contribution in [0.25, 0.3) is 0 Å². The molecule has 0 aromatic carbocycles. The summed E-state index contributed by atoms with van der Waals surface area (Å²) < 4.78 is 24.1. The van der Waals surface area contributed by atoms with Crippen LogP contribution in [-0.4, -0.2) is 18.0 Å². The molecule has 2 heterocycles.